The summed E-state index contributed by atoms with van der Waals surface area (Å²) in [7, 11) is 0. The minimum Gasteiger partial charge on any atom is -0.470 e. The van der Waals surface area contributed by atoms with E-state index in [0.29, 0.717) is 30.8 Å². The highest BCUT2D eigenvalue weighted by atomic mass is 16.5. The van der Waals surface area contributed by atoms with Crippen LogP contribution in [0.3, 0.4) is 0 Å². The highest BCUT2D eigenvalue weighted by molar-refractivity contribution is 5.95. The van der Waals surface area contributed by atoms with Crippen LogP contribution in [0.15, 0.2) is 22.9 Å². The van der Waals surface area contributed by atoms with Crippen molar-refractivity contribution < 1.29 is 13.9 Å². The molecule has 2 aromatic rings. The zero-order valence-corrected chi connectivity index (χ0v) is 12.9. The molecule has 0 saturated carbocycles. The number of aromatic nitrogens is 2. The number of carbonyl (C=O) groups is 1. The Balaban J connectivity index is 1.68. The topological polar surface area (TPSA) is 92.3 Å². The van der Waals surface area contributed by atoms with Crippen molar-refractivity contribution in [3.63, 3.8) is 0 Å². The van der Waals surface area contributed by atoms with Crippen molar-refractivity contribution in [3.05, 3.63) is 41.2 Å². The standard InChI is InChI=1S/C16H16N4O3/c1-10-7-13(11(2)22-10)16(21)20-6-3-12(9-20)23-15-14(8-17)18-4-5-19-15/h4-5,7,12H,3,6,9H2,1-2H3/t12-/m1/s1. The third-order valence-electron chi connectivity index (χ3n) is 3.75. The minimum absolute atomic E-state index is 0.0647. The lowest BCUT2D eigenvalue weighted by atomic mass is 10.2. The fraction of sp³-hybridized carbons (Fsp3) is 0.375. The van der Waals surface area contributed by atoms with Gasteiger partial charge in [0.15, 0.2) is 0 Å². The molecule has 23 heavy (non-hydrogen) atoms. The van der Waals surface area contributed by atoms with E-state index >= 15 is 0 Å². The molecule has 3 rings (SSSR count). The molecule has 0 radical (unpaired) electrons. The Kier molecular flexibility index (Phi) is 3.98. The van der Waals surface area contributed by atoms with Crippen LogP contribution in [0.2, 0.25) is 0 Å². The molecular formula is C16H16N4O3. The lowest BCUT2D eigenvalue weighted by molar-refractivity contribution is 0.0769. The van der Waals surface area contributed by atoms with Gasteiger partial charge in [0.25, 0.3) is 11.8 Å². The van der Waals surface area contributed by atoms with E-state index in [4.69, 9.17) is 14.4 Å². The van der Waals surface area contributed by atoms with Gasteiger partial charge in [-0.05, 0) is 19.9 Å². The van der Waals surface area contributed by atoms with Crippen LogP contribution in [-0.2, 0) is 0 Å². The number of carbonyl (C=O) groups excluding carboxylic acids is 1. The van der Waals surface area contributed by atoms with Crippen molar-refractivity contribution in [1.29, 1.82) is 5.26 Å². The smallest absolute Gasteiger partial charge is 0.257 e. The monoisotopic (exact) mass is 312 g/mol. The summed E-state index contributed by atoms with van der Waals surface area (Å²) in [5.41, 5.74) is 0.735. The highest BCUT2D eigenvalue weighted by Crippen LogP contribution is 2.22. The first-order valence-corrected chi connectivity index (χ1v) is 7.32. The lowest BCUT2D eigenvalue weighted by Crippen LogP contribution is -2.31. The van der Waals surface area contributed by atoms with Crippen molar-refractivity contribution >= 4 is 5.91 Å². The maximum absolute atomic E-state index is 12.5. The third kappa shape index (κ3) is 3.01. The Morgan fingerprint density at radius 3 is 2.91 bits per heavy atom. The first kappa shape index (κ1) is 15.0. The summed E-state index contributed by atoms with van der Waals surface area (Å²) >= 11 is 0. The van der Waals surface area contributed by atoms with Crippen molar-refractivity contribution in [2.45, 2.75) is 26.4 Å². The van der Waals surface area contributed by atoms with E-state index in [0.717, 1.165) is 5.76 Å². The second kappa shape index (κ2) is 6.08. The molecule has 1 aliphatic heterocycles. The van der Waals surface area contributed by atoms with Crippen LogP contribution in [0.1, 0.15) is 34.0 Å². The number of hydrogen-bond acceptors (Lipinski definition) is 6. The molecule has 0 bridgehead atoms. The van der Waals surface area contributed by atoms with Gasteiger partial charge in [-0.15, -0.1) is 0 Å². The molecular weight excluding hydrogens is 296 g/mol. The van der Waals surface area contributed by atoms with Crippen LogP contribution < -0.4 is 4.74 Å². The normalized spacial score (nSPS) is 17.1. The van der Waals surface area contributed by atoms with Gasteiger partial charge >= 0.3 is 0 Å². The molecule has 1 fully saturated rings. The van der Waals surface area contributed by atoms with Crippen LogP contribution in [-0.4, -0.2) is 40.0 Å². The van der Waals surface area contributed by atoms with Gasteiger partial charge in [-0.2, -0.15) is 5.26 Å². The minimum atomic E-state index is -0.198. The number of amides is 1. The second-order valence-corrected chi connectivity index (χ2v) is 5.43. The van der Waals surface area contributed by atoms with Gasteiger partial charge in [-0.3, -0.25) is 4.79 Å². The van der Waals surface area contributed by atoms with E-state index in [1.807, 2.05) is 13.0 Å². The first-order chi connectivity index (χ1) is 11.1. The quantitative estimate of drug-likeness (QED) is 0.859. The Bertz CT molecular complexity index is 778. The van der Waals surface area contributed by atoms with Gasteiger partial charge in [0.05, 0.1) is 12.1 Å². The van der Waals surface area contributed by atoms with Crippen LogP contribution in [0, 0.1) is 25.2 Å². The van der Waals surface area contributed by atoms with Crippen molar-refractivity contribution in [2.24, 2.45) is 0 Å². The fourth-order valence-electron chi connectivity index (χ4n) is 2.67. The summed E-state index contributed by atoms with van der Waals surface area (Å²) in [6, 6.07) is 3.70. The zero-order chi connectivity index (χ0) is 16.4. The van der Waals surface area contributed by atoms with Gasteiger partial charge in [-0.25, -0.2) is 9.97 Å². The molecule has 0 aliphatic carbocycles. The summed E-state index contributed by atoms with van der Waals surface area (Å²) < 4.78 is 11.2. The number of likely N-dealkylation sites (tertiary alicyclic amines) is 1. The number of furan rings is 1. The Hall–Kier alpha value is -2.88. The molecule has 0 spiro atoms. The summed E-state index contributed by atoms with van der Waals surface area (Å²) in [5, 5.41) is 9.01. The van der Waals surface area contributed by atoms with E-state index in [1.165, 1.54) is 12.4 Å². The molecule has 0 N–H and O–H groups in total. The summed E-state index contributed by atoms with van der Waals surface area (Å²) in [6.07, 6.45) is 3.41. The number of ether oxygens (including phenoxy) is 1. The predicted molar refractivity (Wildman–Crippen MR) is 79.9 cm³/mol. The third-order valence-corrected chi connectivity index (χ3v) is 3.75. The average Bonchev–Trinajstić information content (AvgIpc) is 3.13. The van der Waals surface area contributed by atoms with Gasteiger partial charge in [0, 0.05) is 25.4 Å². The van der Waals surface area contributed by atoms with Crippen LogP contribution in [0.25, 0.3) is 0 Å². The molecule has 7 nitrogen and oxygen atoms in total. The molecule has 7 heteroatoms. The van der Waals surface area contributed by atoms with Crippen LogP contribution in [0.4, 0.5) is 0 Å². The summed E-state index contributed by atoms with van der Waals surface area (Å²) in [5.74, 6) is 1.49. The molecule has 118 valence electrons. The Labute approximate surface area is 133 Å². The van der Waals surface area contributed by atoms with Crippen molar-refractivity contribution in [2.75, 3.05) is 13.1 Å². The lowest BCUT2D eigenvalue weighted by Gasteiger charge is -2.16. The molecule has 0 aromatic carbocycles. The molecule has 1 atom stereocenters. The summed E-state index contributed by atoms with van der Waals surface area (Å²) in [6.45, 7) is 4.64. The van der Waals surface area contributed by atoms with Gasteiger partial charge < -0.3 is 14.1 Å². The maximum atomic E-state index is 12.5. The fourth-order valence-corrected chi connectivity index (χ4v) is 2.67. The average molecular weight is 312 g/mol. The number of rotatable bonds is 3. The molecule has 1 amide bonds. The zero-order valence-electron chi connectivity index (χ0n) is 12.9. The largest absolute Gasteiger partial charge is 0.470 e. The molecule has 3 heterocycles. The van der Waals surface area contributed by atoms with E-state index in [9.17, 15) is 4.79 Å². The Morgan fingerprint density at radius 1 is 1.43 bits per heavy atom. The highest BCUT2D eigenvalue weighted by Gasteiger charge is 2.30. The van der Waals surface area contributed by atoms with Crippen LogP contribution in [0.5, 0.6) is 5.88 Å². The number of nitrogens with zero attached hydrogens (tertiary/aromatic N) is 4. The number of hydrogen-bond donors (Lipinski definition) is 0. The first-order valence-electron chi connectivity index (χ1n) is 7.32. The van der Waals surface area contributed by atoms with Gasteiger partial charge in [-0.1, -0.05) is 0 Å². The molecule has 2 aromatic heterocycles. The second-order valence-electron chi connectivity index (χ2n) is 5.43. The maximum Gasteiger partial charge on any atom is 0.257 e. The Morgan fingerprint density at radius 2 is 2.22 bits per heavy atom. The molecule has 1 saturated heterocycles. The van der Waals surface area contributed by atoms with E-state index in [1.54, 1.807) is 17.9 Å². The molecule has 1 aliphatic rings. The number of aryl methyl sites for hydroxylation is 2. The summed E-state index contributed by atoms with van der Waals surface area (Å²) in [4.78, 5) is 22.2. The SMILES string of the molecule is Cc1cc(C(=O)N2CC[C@@H](Oc3nccnc3C#N)C2)c(C)o1. The predicted octanol–water partition coefficient (Wildman–Crippen LogP) is 1.85. The van der Waals surface area contributed by atoms with Crippen molar-refractivity contribution in [3.8, 4) is 11.9 Å². The van der Waals surface area contributed by atoms with E-state index in [2.05, 4.69) is 9.97 Å². The van der Waals surface area contributed by atoms with Gasteiger partial charge in [0.1, 0.15) is 23.7 Å². The van der Waals surface area contributed by atoms with E-state index in [-0.39, 0.29) is 23.6 Å². The van der Waals surface area contributed by atoms with Crippen LogP contribution >= 0.6 is 0 Å². The van der Waals surface area contributed by atoms with E-state index < -0.39 is 0 Å². The number of nitriles is 1. The van der Waals surface area contributed by atoms with Crippen molar-refractivity contribution in [1.82, 2.24) is 14.9 Å². The molecule has 0 unspecified atom stereocenters. The van der Waals surface area contributed by atoms with Gasteiger partial charge in [0.2, 0.25) is 5.69 Å².